The molecule has 0 radical (unpaired) electrons. The Morgan fingerprint density at radius 1 is 0.347 bits per heavy atom. The van der Waals surface area contributed by atoms with Crippen LogP contribution >= 0.6 is 35.6 Å². The van der Waals surface area contributed by atoms with E-state index >= 15 is 0 Å². The zero-order chi connectivity index (χ0) is 89.8. The molecular formula is C101H123Cl3O20. The van der Waals surface area contributed by atoms with Gasteiger partial charge in [-0.1, -0.05) is 216 Å². The van der Waals surface area contributed by atoms with Gasteiger partial charge in [0.05, 0.1) is 38.2 Å². The molecule has 2 heterocycles. The van der Waals surface area contributed by atoms with Crippen LogP contribution in [0.15, 0.2) is 268 Å². The number of hydrogen-bond donors (Lipinski definition) is 9. The molecule has 10 aromatic carbocycles. The fourth-order valence-corrected chi connectivity index (χ4v) is 12.5. The third kappa shape index (κ3) is 33.6. The zero-order valence-electron chi connectivity index (χ0n) is 72.7. The molecule has 124 heavy (non-hydrogen) atoms. The monoisotopic (exact) mass is 1760 g/mol. The summed E-state index contributed by atoms with van der Waals surface area (Å²) in [7, 11) is 0. The van der Waals surface area contributed by atoms with E-state index in [-0.39, 0.29) is 115 Å². The fourth-order valence-electron chi connectivity index (χ4n) is 12.3. The molecule has 9 N–H and O–H groups in total. The van der Waals surface area contributed by atoms with Crippen molar-refractivity contribution >= 4 is 41.6 Å². The third-order valence-corrected chi connectivity index (χ3v) is 21.5. The van der Waals surface area contributed by atoms with Gasteiger partial charge in [-0.05, 0) is 177 Å². The molecule has 20 nitrogen and oxygen atoms in total. The maximum Gasteiger partial charge on any atom is 0.300 e. The van der Waals surface area contributed by atoms with Crippen LogP contribution in [0.1, 0.15) is 132 Å². The molecule has 6 atom stereocenters. The van der Waals surface area contributed by atoms with E-state index in [4.69, 9.17) is 90.7 Å². The Morgan fingerprint density at radius 2 is 0.508 bits per heavy atom. The van der Waals surface area contributed by atoms with Crippen LogP contribution in [0.5, 0.6) is 57.5 Å². The molecule has 0 amide bonds. The molecular weight excluding hydrogens is 1640 g/mol. The van der Waals surface area contributed by atoms with Crippen molar-refractivity contribution in [2.24, 2.45) is 0 Å². The van der Waals surface area contributed by atoms with E-state index in [0.29, 0.717) is 49.4 Å². The van der Waals surface area contributed by atoms with Crippen LogP contribution < -0.4 is 37.9 Å². The summed E-state index contributed by atoms with van der Waals surface area (Å²) in [5.74, 6) is 6.16. The first kappa shape index (κ1) is 102. The van der Waals surface area contributed by atoms with Crippen LogP contribution in [0, 0.1) is 0 Å². The van der Waals surface area contributed by atoms with E-state index in [1.54, 1.807) is 36.4 Å². The number of ether oxygens (including phenoxy) is 10. The molecule has 23 heteroatoms. The first-order chi connectivity index (χ1) is 58.6. The summed E-state index contributed by atoms with van der Waals surface area (Å²) < 4.78 is 54.8. The minimum Gasteiger partial charge on any atom is -0.508 e. The number of carbonyl (C=O) groups is 1. The first-order valence-corrected chi connectivity index (χ1v) is 41.9. The summed E-state index contributed by atoms with van der Waals surface area (Å²) in [6, 6.07) is 78.5. The Morgan fingerprint density at radius 3 is 0.669 bits per heavy atom. The van der Waals surface area contributed by atoms with Crippen molar-refractivity contribution in [1.82, 2.24) is 0 Å². The number of halogens is 3. The van der Waals surface area contributed by atoms with Crippen molar-refractivity contribution < 1.29 is 98.1 Å². The summed E-state index contributed by atoms with van der Waals surface area (Å²) >= 11 is 11.1. The highest BCUT2D eigenvalue weighted by Gasteiger charge is 2.30. The molecule has 0 aromatic heterocycles. The largest absolute Gasteiger partial charge is 0.508 e. The number of phenolic OH excluding ortho intramolecular Hbond substituents is 2. The van der Waals surface area contributed by atoms with Crippen molar-refractivity contribution in [2.75, 3.05) is 91.0 Å². The van der Waals surface area contributed by atoms with Gasteiger partial charge in [0, 0.05) is 34.0 Å². The number of aliphatic hydroxyl groups is 6. The molecule has 2 aliphatic heterocycles. The quantitative estimate of drug-likeness (QED) is 0.00987. The van der Waals surface area contributed by atoms with Crippen molar-refractivity contribution in [1.29, 1.82) is 0 Å². The van der Waals surface area contributed by atoms with E-state index in [9.17, 15) is 30.6 Å². The van der Waals surface area contributed by atoms with E-state index in [0.717, 1.165) is 76.5 Å². The molecule has 0 aliphatic carbocycles. The smallest absolute Gasteiger partial charge is 0.300 e. The molecule has 10 aromatic rings. The SMILES string of the molecule is C=CCOc1ccc(C(C)(C)c2ccc(OCC=C)cc2)cc1.CC(=O)O.CC(C)(c1ccc(O)cc1)c1ccc(O)cc1.CC(C)(c1ccc(OCC(O)CCl)cc1)c1ccc(OCC(O)CCl)cc1.CC(C)(c1ccc(OCC(O)CO)cc1)c1ccc(OCC(O)CO)cc1.CC(C)(c1ccc(OCC2CO2)cc1)c1ccc(OCC2CO2)cc1.Cl. The minimum absolute atomic E-state index is 0. The lowest BCUT2D eigenvalue weighted by Gasteiger charge is -2.26. The van der Waals surface area contributed by atoms with E-state index in [2.05, 4.69) is 131 Å². The molecule has 668 valence electrons. The van der Waals surface area contributed by atoms with Gasteiger partial charge >= 0.3 is 0 Å². The second-order valence-corrected chi connectivity index (χ2v) is 32.8. The zero-order valence-corrected chi connectivity index (χ0v) is 75.0. The number of alkyl halides is 2. The van der Waals surface area contributed by atoms with Gasteiger partial charge < -0.3 is 93.3 Å². The fraction of sp³-hybridized carbons (Fsp3) is 0.356. The van der Waals surface area contributed by atoms with Crippen LogP contribution in [0.4, 0.5) is 0 Å². The topological polar surface area (TPSA) is 298 Å². The lowest BCUT2D eigenvalue weighted by Crippen LogP contribution is -2.22. The standard InChI is InChI=1S/C21H26Cl2O4.C21H28O6.C21H24O4.C21H24O2.C15H16O2.C2H4O2.ClH/c2*1-21(2,15-3-7-19(8-4-15)26-13-17(24)11-22)16-5-9-20(10-6-16)27-14-18(25)12-23;1-21(2,15-3-7-17(8-4-15)22-11-19-13-24-19)16-5-9-18(10-6-16)23-12-20-14-25-20;1-5-15-22-19-11-7-17(8-12-19)21(3,4)18-9-13-20(14-10-18)23-16-6-2;1-15(2,11-3-7-13(16)8-4-11)12-5-9-14(17)10-6-12;1-2(3)4;/h3-10,17-18,24-25H,11-14H2,1-2H3;3-10,17-18,22-25H,11-14H2,1-2H3;3-10,19-20H,11-14H2,1-2H3;5-14H,1-2,15-16H2,3-4H3;3-10,16-17H,1-2H3;1H3,(H,3,4);1H. The van der Waals surface area contributed by atoms with Crippen LogP contribution in [0.25, 0.3) is 0 Å². The number of phenols is 2. The Hall–Kier alpha value is -10.3. The minimum atomic E-state index is -0.889. The number of aliphatic carboxylic acids is 1. The number of benzene rings is 10. The van der Waals surface area contributed by atoms with Crippen molar-refractivity contribution in [3.63, 3.8) is 0 Å². The summed E-state index contributed by atoms with van der Waals surface area (Å²) in [5, 5.41) is 81.3. The highest BCUT2D eigenvalue weighted by atomic mass is 35.5. The predicted octanol–water partition coefficient (Wildman–Crippen LogP) is 18.1. The second-order valence-electron chi connectivity index (χ2n) is 32.2. The Labute approximate surface area is 747 Å². The molecule has 0 bridgehead atoms. The van der Waals surface area contributed by atoms with Gasteiger partial charge in [-0.3, -0.25) is 4.79 Å². The summed E-state index contributed by atoms with van der Waals surface area (Å²) in [5.41, 5.74) is 10.9. The van der Waals surface area contributed by atoms with Gasteiger partial charge in [-0.15, -0.1) is 35.6 Å². The number of aromatic hydroxyl groups is 2. The van der Waals surface area contributed by atoms with Gasteiger partial charge in [0.15, 0.2) is 0 Å². The Kier molecular flexibility index (Phi) is 41.8. The molecule has 2 aliphatic rings. The van der Waals surface area contributed by atoms with Crippen LogP contribution in [-0.4, -0.2) is 180 Å². The molecule has 0 spiro atoms. The molecule has 2 saturated heterocycles. The normalized spacial score (nSPS) is 14.2. The average molecular weight is 1760 g/mol. The molecule has 0 saturated carbocycles. The summed E-state index contributed by atoms with van der Waals surface area (Å²) in [6.45, 7) is 33.8. The second kappa shape index (κ2) is 50.6. The Bertz CT molecular complexity index is 4280. The summed E-state index contributed by atoms with van der Waals surface area (Å²) in [4.78, 5) is 9.00. The van der Waals surface area contributed by atoms with Gasteiger partial charge in [0.25, 0.3) is 5.97 Å². The lowest BCUT2D eigenvalue weighted by atomic mass is 9.78. The number of carboxylic acids is 1. The van der Waals surface area contributed by atoms with Gasteiger partial charge in [0.2, 0.25) is 0 Å². The van der Waals surface area contributed by atoms with Crippen molar-refractivity contribution in [2.45, 2.75) is 140 Å². The highest BCUT2D eigenvalue weighted by molar-refractivity contribution is 6.18. The predicted molar refractivity (Wildman–Crippen MR) is 492 cm³/mol. The Balaban J connectivity index is 0.000000238. The van der Waals surface area contributed by atoms with Crippen molar-refractivity contribution in [3.05, 3.63) is 324 Å². The highest BCUT2D eigenvalue weighted by Crippen LogP contribution is 2.39. The third-order valence-electron chi connectivity index (χ3n) is 20.7. The summed E-state index contributed by atoms with van der Waals surface area (Å²) in [6.07, 6.45) is 0.928. The van der Waals surface area contributed by atoms with E-state index in [1.807, 2.05) is 170 Å². The van der Waals surface area contributed by atoms with Crippen LogP contribution in [0.3, 0.4) is 0 Å². The number of aliphatic hydroxyl groups excluding tert-OH is 6. The number of rotatable bonds is 38. The number of epoxide rings is 2. The molecule has 2 fully saturated rings. The average Bonchev–Trinajstić information content (AvgIpc) is 1.31. The molecule has 12 rings (SSSR count). The van der Waals surface area contributed by atoms with Gasteiger partial charge in [0.1, 0.15) is 147 Å². The number of hydrogen-bond acceptors (Lipinski definition) is 19. The van der Waals surface area contributed by atoms with Gasteiger partial charge in [-0.2, -0.15) is 0 Å². The van der Waals surface area contributed by atoms with Gasteiger partial charge in [-0.25, -0.2) is 0 Å². The van der Waals surface area contributed by atoms with E-state index in [1.165, 1.54) is 22.3 Å². The van der Waals surface area contributed by atoms with Crippen molar-refractivity contribution in [3.8, 4) is 57.5 Å². The van der Waals surface area contributed by atoms with E-state index < -0.39 is 30.4 Å². The lowest BCUT2D eigenvalue weighted by molar-refractivity contribution is -0.134. The first-order valence-electron chi connectivity index (χ1n) is 40.8. The van der Waals surface area contributed by atoms with Crippen LogP contribution in [0.2, 0.25) is 0 Å². The number of carboxylic acid groups (broad SMARTS) is 1. The maximum absolute atomic E-state index is 9.47. The molecule has 6 unspecified atom stereocenters. The maximum atomic E-state index is 9.47. The van der Waals surface area contributed by atoms with Crippen LogP contribution in [-0.2, 0) is 41.3 Å².